The summed E-state index contributed by atoms with van der Waals surface area (Å²) in [4.78, 5) is 24.5. The maximum Gasteiger partial charge on any atom is 0.266 e. The number of carbonyl (C=O) groups excluding carboxylic acids is 2. The van der Waals surface area contributed by atoms with Crippen LogP contribution >= 0.6 is 0 Å². The van der Waals surface area contributed by atoms with Gasteiger partial charge in [0, 0.05) is 5.56 Å². The molecule has 2 N–H and O–H groups in total. The van der Waals surface area contributed by atoms with E-state index >= 15 is 0 Å². The van der Waals surface area contributed by atoms with Crippen LogP contribution in [0.3, 0.4) is 0 Å². The first-order valence-corrected chi connectivity index (χ1v) is 12.9. The van der Waals surface area contributed by atoms with Gasteiger partial charge in [-0.1, -0.05) is 69.3 Å². The van der Waals surface area contributed by atoms with E-state index in [-0.39, 0.29) is 16.0 Å². The zero-order valence-electron chi connectivity index (χ0n) is 20.7. The summed E-state index contributed by atoms with van der Waals surface area (Å²) in [7, 11) is -4.19. The third kappa shape index (κ3) is 7.05. The van der Waals surface area contributed by atoms with E-state index in [4.69, 9.17) is 4.74 Å². The average Bonchev–Trinajstić information content (AvgIpc) is 2.82. The number of nitrogens with one attached hydrogen (secondary N) is 2. The van der Waals surface area contributed by atoms with E-state index in [9.17, 15) is 18.0 Å². The molecular weight excluding hydrogens is 476 g/mol. The molecule has 0 saturated carbocycles. The molecule has 0 spiro atoms. The summed E-state index contributed by atoms with van der Waals surface area (Å²) in [6.07, 6.45) is 2.53. The first-order valence-electron chi connectivity index (χ1n) is 11.4. The van der Waals surface area contributed by atoms with Crippen molar-refractivity contribution in [2.75, 3.05) is 5.32 Å². The van der Waals surface area contributed by atoms with Crippen molar-refractivity contribution in [2.45, 2.75) is 44.6 Å². The molecule has 0 aliphatic carbocycles. The van der Waals surface area contributed by atoms with Crippen molar-refractivity contribution in [2.24, 2.45) is 0 Å². The molecule has 0 bridgehead atoms. The van der Waals surface area contributed by atoms with Crippen LogP contribution in [0.4, 0.5) is 5.69 Å². The molecule has 0 aliphatic rings. The summed E-state index contributed by atoms with van der Waals surface area (Å²) in [5, 5.41) is 2.62. The quantitative estimate of drug-likeness (QED) is 0.409. The third-order valence-electron chi connectivity index (χ3n) is 5.30. The van der Waals surface area contributed by atoms with E-state index in [1.165, 1.54) is 29.8 Å². The van der Waals surface area contributed by atoms with E-state index < -0.39 is 21.8 Å². The van der Waals surface area contributed by atoms with Crippen molar-refractivity contribution in [3.8, 4) is 5.75 Å². The van der Waals surface area contributed by atoms with Crippen molar-refractivity contribution in [3.63, 3.8) is 0 Å². The maximum atomic E-state index is 12.9. The third-order valence-corrected chi connectivity index (χ3v) is 6.70. The van der Waals surface area contributed by atoms with Crippen LogP contribution in [0.2, 0.25) is 0 Å². The van der Waals surface area contributed by atoms with Crippen LogP contribution < -0.4 is 14.8 Å². The Kier molecular flexibility index (Phi) is 8.32. The van der Waals surface area contributed by atoms with Gasteiger partial charge < -0.3 is 10.1 Å². The lowest BCUT2D eigenvalue weighted by Gasteiger charge is -2.19. The predicted molar refractivity (Wildman–Crippen MR) is 140 cm³/mol. The van der Waals surface area contributed by atoms with Crippen molar-refractivity contribution in [1.29, 1.82) is 0 Å². The number of anilines is 1. The first kappa shape index (κ1) is 26.7. The van der Waals surface area contributed by atoms with Gasteiger partial charge in [-0.15, -0.1) is 0 Å². The molecule has 3 rings (SSSR count). The van der Waals surface area contributed by atoms with E-state index in [2.05, 4.69) is 38.2 Å². The summed E-state index contributed by atoms with van der Waals surface area (Å²) in [5.74, 6) is -0.795. The normalized spacial score (nSPS) is 11.8. The fraction of sp³-hybridized carbons (Fsp3) is 0.214. The largest absolute Gasteiger partial charge is 0.489 e. The van der Waals surface area contributed by atoms with Crippen molar-refractivity contribution in [1.82, 2.24) is 4.72 Å². The first-order chi connectivity index (χ1) is 17.0. The van der Waals surface area contributed by atoms with Crippen LogP contribution in [0, 0.1) is 0 Å². The van der Waals surface area contributed by atoms with Gasteiger partial charge >= 0.3 is 0 Å². The Hall–Kier alpha value is -3.91. The lowest BCUT2D eigenvalue weighted by molar-refractivity contribution is -0.114. The number of hydrogen-bond donors (Lipinski definition) is 2. The lowest BCUT2D eigenvalue weighted by atomic mass is 9.87. The van der Waals surface area contributed by atoms with Crippen molar-refractivity contribution in [3.05, 3.63) is 102 Å². The number of benzene rings is 3. The molecule has 0 aromatic heterocycles. The molecule has 0 saturated heterocycles. The van der Waals surface area contributed by atoms with Crippen molar-refractivity contribution >= 4 is 27.5 Å². The Bertz CT molecular complexity index is 1370. The van der Waals surface area contributed by atoms with Crippen LogP contribution in [0.5, 0.6) is 5.75 Å². The highest BCUT2D eigenvalue weighted by atomic mass is 32.2. The minimum atomic E-state index is -4.19. The van der Waals surface area contributed by atoms with Gasteiger partial charge in [-0.3, -0.25) is 9.59 Å². The molecule has 7 nitrogen and oxygen atoms in total. The summed E-state index contributed by atoms with van der Waals surface area (Å²) in [5.41, 5.74) is 2.64. The highest BCUT2D eigenvalue weighted by Gasteiger charge is 2.21. The molecule has 3 aromatic carbocycles. The van der Waals surface area contributed by atoms with Gasteiger partial charge in [0.25, 0.3) is 21.8 Å². The second-order valence-corrected chi connectivity index (χ2v) is 10.8. The van der Waals surface area contributed by atoms with Gasteiger partial charge in [0.15, 0.2) is 0 Å². The maximum absolute atomic E-state index is 12.9. The minimum absolute atomic E-state index is 0.0496. The highest BCUT2D eigenvalue weighted by Crippen LogP contribution is 2.24. The number of carbonyl (C=O) groups is 2. The molecule has 3 aromatic rings. The van der Waals surface area contributed by atoms with Crippen molar-refractivity contribution < 1.29 is 22.7 Å². The van der Waals surface area contributed by atoms with E-state index in [0.29, 0.717) is 17.9 Å². The Labute approximate surface area is 212 Å². The van der Waals surface area contributed by atoms with Gasteiger partial charge in [0.2, 0.25) is 0 Å². The number of sulfonamides is 1. The summed E-state index contributed by atoms with van der Waals surface area (Å²) >= 11 is 0. The molecular formula is C28H30N2O5S. The van der Waals surface area contributed by atoms with Gasteiger partial charge in [0.05, 0.1) is 5.69 Å². The standard InChI is InChI=1S/C28H30N2O5S/c1-5-9-26(31)30-36(33,34)25-13-7-6-12-24(25)29-27(32)21-10-8-11-23(18-21)35-19-20-14-16-22(17-15-20)28(2,3)4/h5-18H,19H2,1-4H3,(H,29,32)(H,30,31)/b9-5+. The second-order valence-electron chi connectivity index (χ2n) is 9.18. The minimum Gasteiger partial charge on any atom is -0.489 e. The SMILES string of the molecule is C/C=C/C(=O)NS(=O)(=O)c1ccccc1NC(=O)c1cccc(OCc2ccc(C(C)(C)C)cc2)c1. The van der Waals surface area contributed by atoms with E-state index in [1.54, 1.807) is 37.3 Å². The average molecular weight is 507 g/mol. The van der Waals surface area contributed by atoms with Crippen LogP contribution in [-0.4, -0.2) is 20.2 Å². The predicted octanol–water partition coefficient (Wildman–Crippen LogP) is 5.20. The molecule has 0 atom stereocenters. The molecule has 0 radical (unpaired) electrons. The molecule has 0 aliphatic heterocycles. The number of hydrogen-bond acceptors (Lipinski definition) is 5. The Morgan fingerprint density at radius 1 is 0.944 bits per heavy atom. The molecule has 0 unspecified atom stereocenters. The number of amides is 2. The van der Waals surface area contributed by atoms with Gasteiger partial charge in [-0.05, 0) is 59.9 Å². The highest BCUT2D eigenvalue weighted by molar-refractivity contribution is 7.90. The lowest BCUT2D eigenvalue weighted by Crippen LogP contribution is -2.30. The van der Waals surface area contributed by atoms with Crippen LogP contribution in [0.15, 0.2) is 89.8 Å². The van der Waals surface area contributed by atoms with Crippen LogP contribution in [0.25, 0.3) is 0 Å². The smallest absolute Gasteiger partial charge is 0.266 e. The monoisotopic (exact) mass is 506 g/mol. The number of para-hydroxylation sites is 1. The Morgan fingerprint density at radius 2 is 1.64 bits per heavy atom. The Morgan fingerprint density at radius 3 is 2.31 bits per heavy atom. The van der Waals surface area contributed by atoms with Gasteiger partial charge in [-0.2, -0.15) is 0 Å². The zero-order chi connectivity index (χ0) is 26.3. The zero-order valence-corrected chi connectivity index (χ0v) is 21.6. The summed E-state index contributed by atoms with van der Waals surface area (Å²) in [6.45, 7) is 8.40. The molecule has 188 valence electrons. The fourth-order valence-corrected chi connectivity index (χ4v) is 4.48. The van der Waals surface area contributed by atoms with E-state index in [1.807, 2.05) is 16.9 Å². The topological polar surface area (TPSA) is 102 Å². The van der Waals surface area contributed by atoms with Crippen LogP contribution in [0.1, 0.15) is 49.2 Å². The Balaban J connectivity index is 1.72. The molecule has 36 heavy (non-hydrogen) atoms. The number of rotatable bonds is 8. The molecule has 0 fully saturated rings. The number of ether oxygens (including phenoxy) is 1. The van der Waals surface area contributed by atoms with Gasteiger partial charge in [0.1, 0.15) is 17.3 Å². The van der Waals surface area contributed by atoms with Gasteiger partial charge in [-0.25, -0.2) is 13.1 Å². The summed E-state index contributed by atoms with van der Waals surface area (Å²) in [6, 6.07) is 20.7. The molecule has 0 heterocycles. The van der Waals surface area contributed by atoms with Crippen LogP contribution in [-0.2, 0) is 26.8 Å². The fourth-order valence-electron chi connectivity index (χ4n) is 3.37. The molecule has 8 heteroatoms. The number of allylic oxidation sites excluding steroid dienone is 1. The summed E-state index contributed by atoms with van der Waals surface area (Å²) < 4.78 is 33.2. The van der Waals surface area contributed by atoms with E-state index in [0.717, 1.165) is 11.6 Å². The second kappa shape index (κ2) is 11.2. The molecule has 2 amide bonds.